The summed E-state index contributed by atoms with van der Waals surface area (Å²) in [5, 5.41) is 0. The van der Waals surface area contributed by atoms with Gasteiger partial charge < -0.3 is 4.74 Å². The third kappa shape index (κ3) is 2.91. The van der Waals surface area contributed by atoms with Gasteiger partial charge in [0.25, 0.3) is 0 Å². The second kappa shape index (κ2) is 4.75. The Hall–Kier alpha value is -1.05. The molecule has 0 bridgehead atoms. The Kier molecular flexibility index (Phi) is 3.58. The van der Waals surface area contributed by atoms with Crippen LogP contribution in [0.15, 0.2) is 23.8 Å². The van der Waals surface area contributed by atoms with Gasteiger partial charge in [-0.05, 0) is 31.8 Å². The largest absolute Gasteiger partial charge is 0.463 e. The van der Waals surface area contributed by atoms with Crippen molar-refractivity contribution in [3.63, 3.8) is 0 Å². The van der Waals surface area contributed by atoms with Crippen LogP contribution in [-0.4, -0.2) is 12.6 Å². The van der Waals surface area contributed by atoms with Crippen LogP contribution in [-0.2, 0) is 9.53 Å². The number of carbonyl (C=O) groups is 1. The van der Waals surface area contributed by atoms with E-state index in [1.54, 1.807) is 6.08 Å². The van der Waals surface area contributed by atoms with Crippen molar-refractivity contribution < 1.29 is 9.53 Å². The molecule has 1 aliphatic carbocycles. The molecule has 0 amide bonds. The van der Waals surface area contributed by atoms with Gasteiger partial charge in [0.2, 0.25) is 0 Å². The summed E-state index contributed by atoms with van der Waals surface area (Å²) in [7, 11) is 0. The van der Waals surface area contributed by atoms with E-state index in [0.29, 0.717) is 6.61 Å². The van der Waals surface area contributed by atoms with Crippen LogP contribution in [0.4, 0.5) is 0 Å². The minimum Gasteiger partial charge on any atom is -0.463 e. The standard InChI is InChI=1S/C10H14O2/c1-2-12-10(11)8-9-6-4-3-5-7-9/h4,6,8H,2-3,5,7H2,1H3/b9-8-. The summed E-state index contributed by atoms with van der Waals surface area (Å²) in [5.74, 6) is -0.223. The van der Waals surface area contributed by atoms with Gasteiger partial charge in [-0.25, -0.2) is 4.79 Å². The van der Waals surface area contributed by atoms with E-state index in [2.05, 4.69) is 6.08 Å². The number of hydrogen-bond donors (Lipinski definition) is 0. The van der Waals surface area contributed by atoms with E-state index in [9.17, 15) is 4.79 Å². The highest BCUT2D eigenvalue weighted by molar-refractivity contribution is 5.83. The average molecular weight is 166 g/mol. The lowest BCUT2D eigenvalue weighted by Crippen LogP contribution is -2.01. The van der Waals surface area contributed by atoms with Crippen molar-refractivity contribution in [2.75, 3.05) is 6.61 Å². The van der Waals surface area contributed by atoms with Crippen molar-refractivity contribution in [3.05, 3.63) is 23.8 Å². The fraction of sp³-hybridized carbons (Fsp3) is 0.500. The third-order valence-corrected chi connectivity index (χ3v) is 1.76. The first-order valence-electron chi connectivity index (χ1n) is 4.37. The van der Waals surface area contributed by atoms with E-state index in [0.717, 1.165) is 24.8 Å². The maximum Gasteiger partial charge on any atom is 0.331 e. The summed E-state index contributed by atoms with van der Waals surface area (Å²) >= 11 is 0. The third-order valence-electron chi connectivity index (χ3n) is 1.76. The highest BCUT2D eigenvalue weighted by atomic mass is 16.5. The van der Waals surface area contributed by atoms with Gasteiger partial charge in [-0.15, -0.1) is 0 Å². The molecule has 0 saturated heterocycles. The number of carbonyl (C=O) groups excluding carboxylic acids is 1. The molecule has 0 saturated carbocycles. The van der Waals surface area contributed by atoms with E-state index < -0.39 is 0 Å². The van der Waals surface area contributed by atoms with E-state index in [1.165, 1.54) is 0 Å². The zero-order valence-corrected chi connectivity index (χ0v) is 7.38. The first-order chi connectivity index (χ1) is 5.83. The Morgan fingerprint density at radius 2 is 2.58 bits per heavy atom. The first kappa shape index (κ1) is 9.04. The summed E-state index contributed by atoms with van der Waals surface area (Å²) in [6, 6.07) is 0. The van der Waals surface area contributed by atoms with Crippen LogP contribution in [0.1, 0.15) is 26.2 Å². The molecular formula is C10H14O2. The van der Waals surface area contributed by atoms with Gasteiger partial charge in [0.1, 0.15) is 0 Å². The van der Waals surface area contributed by atoms with Crippen LogP contribution in [0, 0.1) is 0 Å². The monoisotopic (exact) mass is 166 g/mol. The van der Waals surface area contributed by atoms with Gasteiger partial charge >= 0.3 is 5.97 Å². The normalized spacial score (nSPS) is 19.6. The highest BCUT2D eigenvalue weighted by Crippen LogP contribution is 2.15. The molecule has 0 aliphatic heterocycles. The molecule has 0 N–H and O–H groups in total. The number of ether oxygens (including phenoxy) is 1. The number of esters is 1. The summed E-state index contributed by atoms with van der Waals surface area (Å²) in [4.78, 5) is 11.0. The van der Waals surface area contributed by atoms with Gasteiger partial charge in [0.15, 0.2) is 0 Å². The number of allylic oxidation sites excluding steroid dienone is 3. The summed E-state index contributed by atoms with van der Waals surface area (Å²) < 4.78 is 4.80. The van der Waals surface area contributed by atoms with Gasteiger partial charge in [-0.1, -0.05) is 12.2 Å². The quantitative estimate of drug-likeness (QED) is 0.464. The van der Waals surface area contributed by atoms with E-state index in [-0.39, 0.29) is 5.97 Å². The van der Waals surface area contributed by atoms with Gasteiger partial charge in [0.05, 0.1) is 6.61 Å². The predicted octanol–water partition coefficient (Wildman–Crippen LogP) is 2.22. The van der Waals surface area contributed by atoms with Crippen LogP contribution in [0.2, 0.25) is 0 Å². The fourth-order valence-corrected chi connectivity index (χ4v) is 1.20. The Morgan fingerprint density at radius 3 is 3.17 bits per heavy atom. The molecule has 0 aromatic heterocycles. The molecule has 0 unspecified atom stereocenters. The van der Waals surface area contributed by atoms with Crippen molar-refractivity contribution >= 4 is 5.97 Å². The Bertz CT molecular complexity index is 214. The smallest absolute Gasteiger partial charge is 0.331 e. The molecule has 2 heteroatoms. The van der Waals surface area contributed by atoms with Gasteiger partial charge in [0, 0.05) is 6.08 Å². The topological polar surface area (TPSA) is 26.3 Å². The van der Waals surface area contributed by atoms with E-state index in [4.69, 9.17) is 4.74 Å². The van der Waals surface area contributed by atoms with Gasteiger partial charge in [-0.2, -0.15) is 0 Å². The Labute approximate surface area is 72.9 Å². The maximum absolute atomic E-state index is 11.0. The molecule has 1 rings (SSSR count). The Balaban J connectivity index is 2.49. The van der Waals surface area contributed by atoms with Crippen LogP contribution < -0.4 is 0 Å². The maximum atomic E-state index is 11.0. The average Bonchev–Trinajstić information content (AvgIpc) is 2.06. The SMILES string of the molecule is CCOC(=O)/C=C1/C=CCCC1. The lowest BCUT2D eigenvalue weighted by atomic mass is 10.0. The summed E-state index contributed by atoms with van der Waals surface area (Å²) in [5.41, 5.74) is 1.08. The molecule has 0 atom stereocenters. The van der Waals surface area contributed by atoms with E-state index >= 15 is 0 Å². The lowest BCUT2D eigenvalue weighted by Gasteiger charge is -2.05. The highest BCUT2D eigenvalue weighted by Gasteiger charge is 2.02. The molecule has 0 aromatic carbocycles. The second-order valence-corrected chi connectivity index (χ2v) is 2.77. The molecule has 0 aromatic rings. The second-order valence-electron chi connectivity index (χ2n) is 2.77. The van der Waals surface area contributed by atoms with Crippen molar-refractivity contribution in [3.8, 4) is 0 Å². The van der Waals surface area contributed by atoms with Crippen LogP contribution in [0.5, 0.6) is 0 Å². The lowest BCUT2D eigenvalue weighted by molar-refractivity contribution is -0.137. The zero-order chi connectivity index (χ0) is 8.81. The van der Waals surface area contributed by atoms with Crippen molar-refractivity contribution in [2.24, 2.45) is 0 Å². The van der Waals surface area contributed by atoms with Crippen molar-refractivity contribution in [1.82, 2.24) is 0 Å². The molecule has 0 spiro atoms. The van der Waals surface area contributed by atoms with Crippen molar-refractivity contribution in [1.29, 1.82) is 0 Å². The fourth-order valence-electron chi connectivity index (χ4n) is 1.20. The summed E-state index contributed by atoms with van der Waals surface area (Å²) in [6.07, 6.45) is 8.94. The minimum atomic E-state index is -0.223. The van der Waals surface area contributed by atoms with Crippen LogP contribution in [0.3, 0.4) is 0 Å². The molecule has 2 nitrogen and oxygen atoms in total. The zero-order valence-electron chi connectivity index (χ0n) is 7.38. The van der Waals surface area contributed by atoms with E-state index in [1.807, 2.05) is 13.0 Å². The summed E-state index contributed by atoms with van der Waals surface area (Å²) in [6.45, 7) is 2.26. The molecule has 12 heavy (non-hydrogen) atoms. The minimum absolute atomic E-state index is 0.223. The van der Waals surface area contributed by atoms with Crippen LogP contribution in [0.25, 0.3) is 0 Å². The first-order valence-corrected chi connectivity index (χ1v) is 4.37. The predicted molar refractivity (Wildman–Crippen MR) is 47.7 cm³/mol. The molecule has 0 fully saturated rings. The molecular weight excluding hydrogens is 152 g/mol. The molecule has 66 valence electrons. The number of hydrogen-bond acceptors (Lipinski definition) is 2. The molecule has 1 aliphatic rings. The Morgan fingerprint density at radius 1 is 1.75 bits per heavy atom. The van der Waals surface area contributed by atoms with Crippen LogP contribution >= 0.6 is 0 Å². The number of rotatable bonds is 2. The van der Waals surface area contributed by atoms with Crippen molar-refractivity contribution in [2.45, 2.75) is 26.2 Å². The molecule has 0 radical (unpaired) electrons. The van der Waals surface area contributed by atoms with Gasteiger partial charge in [-0.3, -0.25) is 0 Å². The molecule has 0 heterocycles.